The highest BCUT2D eigenvalue weighted by Crippen LogP contribution is 2.36. The van der Waals surface area contributed by atoms with Crippen molar-refractivity contribution in [1.82, 2.24) is 0 Å². The van der Waals surface area contributed by atoms with Crippen LogP contribution in [-0.2, 0) is 4.79 Å². The van der Waals surface area contributed by atoms with Gasteiger partial charge in [-0.3, -0.25) is 9.79 Å². The molecular weight excluding hydrogens is 410 g/mol. The van der Waals surface area contributed by atoms with E-state index < -0.39 is 24.2 Å². The Labute approximate surface area is 197 Å². The van der Waals surface area contributed by atoms with E-state index >= 15 is 0 Å². The molecule has 0 bridgehead atoms. The van der Waals surface area contributed by atoms with Gasteiger partial charge in [-0.05, 0) is 24.8 Å². The summed E-state index contributed by atoms with van der Waals surface area (Å²) in [6.45, 7) is 2.11. The molecule has 1 aliphatic heterocycles. The summed E-state index contributed by atoms with van der Waals surface area (Å²) in [7, 11) is 1.93. The first-order chi connectivity index (χ1) is 16.0. The zero-order valence-corrected chi connectivity index (χ0v) is 19.9. The van der Waals surface area contributed by atoms with Crippen molar-refractivity contribution in [2.75, 3.05) is 11.9 Å². The van der Waals surface area contributed by atoms with Gasteiger partial charge in [0.25, 0.3) is 0 Å². The second-order valence-electron chi connectivity index (χ2n) is 9.66. The average molecular weight is 448 g/mol. The first kappa shape index (κ1) is 23.7. The largest absolute Gasteiger partial charge is 0.392 e. The number of anilines is 1. The van der Waals surface area contributed by atoms with Crippen LogP contribution in [0.25, 0.3) is 0 Å². The van der Waals surface area contributed by atoms with Crippen molar-refractivity contribution in [3.63, 3.8) is 0 Å². The third-order valence-electron chi connectivity index (χ3n) is 7.41. The van der Waals surface area contributed by atoms with E-state index in [0.717, 1.165) is 54.6 Å². The zero-order chi connectivity index (χ0) is 23.4. The Kier molecular flexibility index (Phi) is 7.61. The molecule has 2 aromatic carbocycles. The topological polar surface area (TPSA) is 78.9 Å². The average Bonchev–Trinajstić information content (AvgIpc) is 2.92. The van der Waals surface area contributed by atoms with E-state index in [1.165, 1.54) is 6.42 Å². The molecule has 3 unspecified atom stereocenters. The second kappa shape index (κ2) is 10.6. The summed E-state index contributed by atoms with van der Waals surface area (Å²) in [6.07, 6.45) is 5.56. The summed E-state index contributed by atoms with van der Waals surface area (Å²) < 4.78 is 0. The first-order valence-corrected chi connectivity index (χ1v) is 12.4. The molecular formula is C28H37N3O2. The maximum absolute atomic E-state index is 14.0. The van der Waals surface area contributed by atoms with Crippen LogP contribution in [0.15, 0.2) is 59.6 Å². The van der Waals surface area contributed by atoms with Gasteiger partial charge in [0.05, 0.1) is 11.8 Å². The van der Waals surface area contributed by atoms with Gasteiger partial charge in [0.1, 0.15) is 12.2 Å². The Morgan fingerprint density at radius 3 is 2.52 bits per heavy atom. The fourth-order valence-electron chi connectivity index (χ4n) is 5.08. The van der Waals surface area contributed by atoms with Gasteiger partial charge in [0.15, 0.2) is 5.78 Å². The molecule has 3 N–H and O–H groups in total. The number of aliphatic hydroxyl groups is 1. The lowest BCUT2D eigenvalue weighted by molar-refractivity contribution is -0.129. The smallest absolute Gasteiger partial charge is 0.166 e. The Hall–Kier alpha value is -2.50. The lowest BCUT2D eigenvalue weighted by atomic mass is 9.74. The second-order valence-corrected chi connectivity index (χ2v) is 9.66. The maximum atomic E-state index is 14.0. The lowest BCUT2D eigenvalue weighted by Crippen LogP contribution is -2.53. The van der Waals surface area contributed by atoms with Crippen molar-refractivity contribution in [3.05, 3.63) is 65.7 Å². The van der Waals surface area contributed by atoms with Gasteiger partial charge in [-0.1, -0.05) is 87.6 Å². The quantitative estimate of drug-likeness (QED) is 0.591. The molecule has 5 heteroatoms. The summed E-state index contributed by atoms with van der Waals surface area (Å²) >= 11 is 0. The molecule has 33 heavy (non-hydrogen) atoms. The molecule has 0 amide bonds. The van der Waals surface area contributed by atoms with E-state index in [1.807, 2.05) is 66.5 Å². The van der Waals surface area contributed by atoms with E-state index in [0.29, 0.717) is 12.3 Å². The van der Waals surface area contributed by atoms with Gasteiger partial charge in [-0.25, -0.2) is 0 Å². The van der Waals surface area contributed by atoms with Gasteiger partial charge < -0.3 is 15.7 Å². The number of carbonyl (C=O) groups excluding carboxylic acids is 1. The molecule has 1 fully saturated rings. The third kappa shape index (κ3) is 5.04. The molecule has 0 radical (unpaired) electrons. The molecule has 5 nitrogen and oxygen atoms in total. The number of para-hydroxylation sites is 1. The number of nitrogens with two attached hydrogens (primary N) is 1. The van der Waals surface area contributed by atoms with Gasteiger partial charge in [-0.15, -0.1) is 0 Å². The van der Waals surface area contributed by atoms with Crippen LogP contribution in [0.3, 0.4) is 0 Å². The lowest BCUT2D eigenvalue weighted by Gasteiger charge is -2.35. The summed E-state index contributed by atoms with van der Waals surface area (Å²) in [6, 6.07) is 17.3. The number of likely N-dealkylation sites (N-methyl/N-ethyl adjacent to an activating group) is 1. The summed E-state index contributed by atoms with van der Waals surface area (Å²) in [5, 5.41) is 11.1. The molecule has 0 spiro atoms. The number of fused-ring (bicyclic) bond motifs is 1. The van der Waals surface area contributed by atoms with E-state index in [9.17, 15) is 9.90 Å². The van der Waals surface area contributed by atoms with Crippen LogP contribution in [0, 0.1) is 11.8 Å². The van der Waals surface area contributed by atoms with Crippen LogP contribution < -0.4 is 10.6 Å². The van der Waals surface area contributed by atoms with Gasteiger partial charge in [0.2, 0.25) is 0 Å². The van der Waals surface area contributed by atoms with Crippen LogP contribution in [0.4, 0.5) is 5.69 Å². The van der Waals surface area contributed by atoms with E-state index in [1.54, 1.807) is 0 Å². The minimum atomic E-state index is -0.737. The van der Waals surface area contributed by atoms with Crippen LogP contribution >= 0.6 is 0 Å². The third-order valence-corrected chi connectivity index (χ3v) is 7.41. The molecule has 4 rings (SSSR count). The minimum Gasteiger partial charge on any atom is -0.392 e. The van der Waals surface area contributed by atoms with E-state index in [-0.39, 0.29) is 5.78 Å². The predicted octanol–water partition coefficient (Wildman–Crippen LogP) is 4.55. The summed E-state index contributed by atoms with van der Waals surface area (Å²) in [5.41, 5.74) is 10.4. The normalized spacial score (nSPS) is 22.5. The van der Waals surface area contributed by atoms with Crippen molar-refractivity contribution in [3.8, 4) is 0 Å². The van der Waals surface area contributed by atoms with Crippen LogP contribution in [0.5, 0.6) is 0 Å². The number of carbonyl (C=O) groups is 1. The molecule has 4 atom stereocenters. The molecule has 2 aromatic rings. The number of hydrogen-bond acceptors (Lipinski definition) is 5. The highest BCUT2D eigenvalue weighted by Gasteiger charge is 2.40. The highest BCUT2D eigenvalue weighted by atomic mass is 16.3. The predicted molar refractivity (Wildman–Crippen MR) is 135 cm³/mol. The Bertz CT molecular complexity index is 970. The van der Waals surface area contributed by atoms with Gasteiger partial charge in [0, 0.05) is 29.8 Å². The van der Waals surface area contributed by atoms with Crippen molar-refractivity contribution in [2.24, 2.45) is 22.6 Å². The van der Waals surface area contributed by atoms with Crippen molar-refractivity contribution < 1.29 is 9.90 Å². The molecule has 176 valence electrons. The number of unbranched alkanes of at least 4 members (excludes halogenated alkanes) is 1. The zero-order valence-electron chi connectivity index (χ0n) is 19.9. The molecule has 1 saturated carbocycles. The first-order valence-electron chi connectivity index (χ1n) is 12.4. The highest BCUT2D eigenvalue weighted by molar-refractivity contribution is 6.17. The number of ketones is 1. The molecule has 0 saturated heterocycles. The Morgan fingerprint density at radius 1 is 1.15 bits per heavy atom. The van der Waals surface area contributed by atoms with Crippen LogP contribution in [0.1, 0.15) is 63.0 Å². The van der Waals surface area contributed by atoms with Gasteiger partial charge >= 0.3 is 0 Å². The number of aliphatic imine (C=N–C) groups is 1. The number of nitrogens with zero attached hydrogens (tertiary/aromatic N) is 2. The standard InChI is InChI=1S/C28H37N3O2/c1-3-4-17-24(32)22(18-19-11-10-12-19)27(33)26-28(29)31(2)23-16-9-8-15-21(23)25(30-26)20-13-6-5-7-14-20/h5-9,13-16,19,22,24,26,28,32H,3-4,10-12,17-18,29H2,1-2H3/t22?,24?,26-,28?/m1/s1. The molecule has 1 aliphatic carbocycles. The number of rotatable bonds is 9. The number of hydrogen-bond donors (Lipinski definition) is 2. The fourth-order valence-corrected chi connectivity index (χ4v) is 5.08. The molecule has 1 heterocycles. The number of benzodiazepines with no additional fused rings is 1. The molecule has 2 aliphatic rings. The molecule has 0 aromatic heterocycles. The Morgan fingerprint density at radius 2 is 1.85 bits per heavy atom. The van der Waals surface area contributed by atoms with Crippen molar-refractivity contribution in [1.29, 1.82) is 0 Å². The summed E-state index contributed by atoms with van der Waals surface area (Å²) in [5.74, 6) is 0.0732. The van der Waals surface area contributed by atoms with E-state index in [4.69, 9.17) is 10.7 Å². The number of Topliss-reactive ketones (excluding diaryl/α,β-unsaturated/α-hetero) is 1. The minimum absolute atomic E-state index is 0.0221. The van der Waals surface area contributed by atoms with Crippen molar-refractivity contribution in [2.45, 2.75) is 70.2 Å². The monoisotopic (exact) mass is 447 g/mol. The van der Waals surface area contributed by atoms with Crippen molar-refractivity contribution >= 4 is 17.2 Å². The maximum Gasteiger partial charge on any atom is 0.166 e. The Balaban J connectivity index is 1.74. The number of benzene rings is 2. The SMILES string of the molecule is CCCCC(O)C(CC1CCC1)C(=O)[C@H]1N=C(c2ccccc2)c2ccccc2N(C)C1N. The van der Waals surface area contributed by atoms with Gasteiger partial charge in [-0.2, -0.15) is 0 Å². The number of aliphatic hydroxyl groups excluding tert-OH is 1. The fraction of sp³-hybridized carbons (Fsp3) is 0.500. The van der Waals surface area contributed by atoms with E-state index in [2.05, 4.69) is 6.92 Å². The van der Waals surface area contributed by atoms with Crippen LogP contribution in [0.2, 0.25) is 0 Å². The summed E-state index contributed by atoms with van der Waals surface area (Å²) in [4.78, 5) is 21.1. The van der Waals surface area contributed by atoms with Crippen LogP contribution in [-0.4, -0.2) is 42.0 Å².